The van der Waals surface area contributed by atoms with Gasteiger partial charge >= 0.3 is 0 Å². The van der Waals surface area contributed by atoms with Crippen molar-refractivity contribution in [3.63, 3.8) is 0 Å². The summed E-state index contributed by atoms with van der Waals surface area (Å²) in [5.74, 6) is -0.794. The first-order valence-electron chi connectivity index (χ1n) is 4.99. The molecule has 2 heterocycles. The Morgan fingerprint density at radius 3 is 2.72 bits per heavy atom. The summed E-state index contributed by atoms with van der Waals surface area (Å²) in [6, 6.07) is 5.10. The van der Waals surface area contributed by atoms with Crippen LogP contribution in [0.5, 0.6) is 0 Å². The van der Waals surface area contributed by atoms with Crippen molar-refractivity contribution in [1.29, 1.82) is 0 Å². The normalized spacial score (nSPS) is 9.94. The summed E-state index contributed by atoms with van der Waals surface area (Å²) in [6.45, 7) is 1.91. The van der Waals surface area contributed by atoms with Gasteiger partial charge in [-0.2, -0.15) is 9.38 Å². The quantitative estimate of drug-likeness (QED) is 0.474. The molecule has 0 amide bonds. The predicted octanol–water partition coefficient (Wildman–Crippen LogP) is 3.98. The Morgan fingerprint density at radius 2 is 2.17 bits per heavy atom. The number of pyridine rings is 2. The number of rotatable bonds is 2. The van der Waals surface area contributed by atoms with E-state index in [1.807, 2.05) is 13.0 Å². The van der Waals surface area contributed by atoms with Crippen molar-refractivity contribution < 1.29 is 4.39 Å². The molecule has 0 radical (unpaired) electrons. The molecule has 0 aliphatic heterocycles. The summed E-state index contributed by atoms with van der Waals surface area (Å²) < 4.78 is 13.7. The number of aliphatic imine (C=N–C) groups is 1. The maximum atomic E-state index is 13.7. The lowest BCUT2D eigenvalue weighted by Gasteiger charge is -2.04. The van der Waals surface area contributed by atoms with Crippen LogP contribution in [0.4, 0.5) is 10.1 Å². The van der Waals surface area contributed by atoms with E-state index >= 15 is 0 Å². The summed E-state index contributed by atoms with van der Waals surface area (Å²) >= 11 is 10.3. The van der Waals surface area contributed by atoms with E-state index in [0.29, 0.717) is 11.4 Å². The molecule has 0 aromatic carbocycles. The molecule has 2 rings (SSSR count). The molecule has 0 N–H and O–H groups in total. The van der Waals surface area contributed by atoms with Crippen LogP contribution in [-0.4, -0.2) is 15.1 Å². The van der Waals surface area contributed by atoms with Gasteiger partial charge < -0.3 is 0 Å². The summed E-state index contributed by atoms with van der Waals surface area (Å²) in [6.07, 6.45) is 1.67. The fourth-order valence-corrected chi connectivity index (χ4v) is 1.69. The van der Waals surface area contributed by atoms with Gasteiger partial charge in [-0.3, -0.25) is 4.98 Å². The second-order valence-corrected chi connectivity index (χ2v) is 4.14. The van der Waals surface area contributed by atoms with Crippen LogP contribution in [0.25, 0.3) is 11.4 Å². The molecular formula is C12H7ClFN3S. The van der Waals surface area contributed by atoms with E-state index in [-0.39, 0.29) is 10.7 Å². The zero-order valence-corrected chi connectivity index (χ0v) is 10.9. The van der Waals surface area contributed by atoms with Crippen LogP contribution in [0.3, 0.4) is 0 Å². The van der Waals surface area contributed by atoms with Gasteiger partial charge in [0.05, 0.1) is 21.6 Å². The lowest BCUT2D eigenvalue weighted by atomic mass is 10.2. The number of halogens is 2. The average molecular weight is 280 g/mol. The number of hydrogen-bond donors (Lipinski definition) is 0. The van der Waals surface area contributed by atoms with Crippen molar-refractivity contribution in [2.75, 3.05) is 0 Å². The van der Waals surface area contributed by atoms with Crippen molar-refractivity contribution in [1.82, 2.24) is 9.97 Å². The Hall–Kier alpha value is -1.68. The second kappa shape index (κ2) is 5.31. The monoisotopic (exact) mass is 279 g/mol. The Balaban J connectivity index is 2.54. The maximum absolute atomic E-state index is 13.7. The van der Waals surface area contributed by atoms with Gasteiger partial charge in [0, 0.05) is 6.20 Å². The molecule has 0 saturated heterocycles. The minimum Gasteiger partial charge on any atom is -0.254 e. The third kappa shape index (κ3) is 2.59. The Bertz CT molecular complexity index is 613. The summed E-state index contributed by atoms with van der Waals surface area (Å²) in [7, 11) is 0. The van der Waals surface area contributed by atoms with E-state index in [1.54, 1.807) is 12.3 Å². The Morgan fingerprint density at radius 1 is 1.39 bits per heavy atom. The van der Waals surface area contributed by atoms with Gasteiger partial charge in [0.15, 0.2) is 0 Å². The van der Waals surface area contributed by atoms with E-state index in [2.05, 4.69) is 32.3 Å². The van der Waals surface area contributed by atoms with Crippen LogP contribution in [-0.2, 0) is 0 Å². The second-order valence-electron chi connectivity index (χ2n) is 3.55. The number of isothiocyanates is 1. The van der Waals surface area contributed by atoms with Crippen LogP contribution < -0.4 is 0 Å². The SMILES string of the molecule is Cc1ccc(-c2cc(Cl)c(N=C=S)c(F)n2)nc1. The van der Waals surface area contributed by atoms with E-state index in [0.717, 1.165) is 5.56 Å². The molecule has 0 atom stereocenters. The van der Waals surface area contributed by atoms with Gasteiger partial charge in [0.1, 0.15) is 5.69 Å². The van der Waals surface area contributed by atoms with Gasteiger partial charge in [-0.05, 0) is 36.8 Å². The molecule has 3 nitrogen and oxygen atoms in total. The largest absolute Gasteiger partial charge is 0.254 e. The molecule has 0 spiro atoms. The molecule has 90 valence electrons. The topological polar surface area (TPSA) is 38.1 Å². The fourth-order valence-electron chi connectivity index (χ4n) is 1.37. The number of hydrogen-bond acceptors (Lipinski definition) is 4. The molecule has 6 heteroatoms. The molecule has 2 aromatic heterocycles. The van der Waals surface area contributed by atoms with Crippen molar-refractivity contribution in [3.05, 3.63) is 40.9 Å². The van der Waals surface area contributed by atoms with Crippen LogP contribution >= 0.6 is 23.8 Å². The van der Waals surface area contributed by atoms with E-state index in [4.69, 9.17) is 11.6 Å². The minimum absolute atomic E-state index is 0.109. The van der Waals surface area contributed by atoms with Gasteiger partial charge in [-0.15, -0.1) is 0 Å². The van der Waals surface area contributed by atoms with Crippen LogP contribution in [0.15, 0.2) is 29.4 Å². The van der Waals surface area contributed by atoms with Crippen LogP contribution in [0.1, 0.15) is 5.56 Å². The standard InChI is InChI=1S/C12H7ClFN3S/c1-7-2-3-9(15-5-7)10-4-8(13)11(16-6-18)12(14)17-10/h2-5H,1H3. The highest BCUT2D eigenvalue weighted by Gasteiger charge is 2.12. The Labute approximate surface area is 113 Å². The molecule has 0 fully saturated rings. The van der Waals surface area contributed by atoms with E-state index < -0.39 is 5.95 Å². The first kappa shape index (κ1) is 12.8. The summed E-state index contributed by atoms with van der Waals surface area (Å²) in [5.41, 5.74) is 1.79. The molecule has 0 saturated carbocycles. The molecule has 2 aromatic rings. The predicted molar refractivity (Wildman–Crippen MR) is 71.9 cm³/mol. The molecule has 0 unspecified atom stereocenters. The first-order chi connectivity index (χ1) is 8.61. The third-order valence-electron chi connectivity index (χ3n) is 2.23. The van der Waals surface area contributed by atoms with Gasteiger partial charge in [-0.25, -0.2) is 4.98 Å². The molecule has 0 aliphatic rings. The third-order valence-corrected chi connectivity index (χ3v) is 2.61. The zero-order chi connectivity index (χ0) is 13.1. The van der Waals surface area contributed by atoms with E-state index in [1.165, 1.54) is 6.07 Å². The highest BCUT2D eigenvalue weighted by atomic mass is 35.5. The number of aromatic nitrogens is 2. The lowest BCUT2D eigenvalue weighted by molar-refractivity contribution is 0.588. The summed E-state index contributed by atoms with van der Waals surface area (Å²) in [4.78, 5) is 11.4. The van der Waals surface area contributed by atoms with Crippen molar-refractivity contribution in [2.45, 2.75) is 6.92 Å². The van der Waals surface area contributed by atoms with Crippen molar-refractivity contribution in [2.24, 2.45) is 4.99 Å². The van der Waals surface area contributed by atoms with Gasteiger partial charge in [-0.1, -0.05) is 17.7 Å². The van der Waals surface area contributed by atoms with Gasteiger partial charge in [0.2, 0.25) is 5.95 Å². The van der Waals surface area contributed by atoms with Crippen molar-refractivity contribution in [3.8, 4) is 11.4 Å². The average Bonchev–Trinajstić information content (AvgIpc) is 2.34. The zero-order valence-electron chi connectivity index (χ0n) is 9.32. The maximum Gasteiger partial charge on any atom is 0.241 e. The minimum atomic E-state index is -0.794. The van der Waals surface area contributed by atoms with Crippen LogP contribution in [0.2, 0.25) is 5.02 Å². The molecular weight excluding hydrogens is 273 g/mol. The van der Waals surface area contributed by atoms with Gasteiger partial charge in [0.25, 0.3) is 0 Å². The molecule has 0 aliphatic carbocycles. The van der Waals surface area contributed by atoms with E-state index in [9.17, 15) is 4.39 Å². The number of nitrogens with zero attached hydrogens (tertiary/aromatic N) is 3. The smallest absolute Gasteiger partial charge is 0.241 e. The highest BCUT2D eigenvalue weighted by Crippen LogP contribution is 2.30. The van der Waals surface area contributed by atoms with Crippen LogP contribution in [0, 0.1) is 12.9 Å². The number of aryl methyl sites for hydroxylation is 1. The first-order valence-corrected chi connectivity index (χ1v) is 5.77. The summed E-state index contributed by atoms with van der Waals surface area (Å²) in [5, 5.41) is 2.18. The molecule has 18 heavy (non-hydrogen) atoms. The van der Waals surface area contributed by atoms with Crippen molar-refractivity contribution >= 4 is 34.7 Å². The Kier molecular flexibility index (Phi) is 3.77. The fraction of sp³-hybridized carbons (Fsp3) is 0.0833. The highest BCUT2D eigenvalue weighted by molar-refractivity contribution is 7.78. The lowest BCUT2D eigenvalue weighted by Crippen LogP contribution is -1.92. The molecule has 0 bridgehead atoms. The number of thiocarbonyl (C=S) groups is 1.